The number of nitrogens with zero attached hydrogens (tertiary/aromatic N) is 5. The van der Waals surface area contributed by atoms with Crippen LogP contribution >= 0.6 is 0 Å². The first-order valence-corrected chi connectivity index (χ1v) is 12.5. The van der Waals surface area contributed by atoms with Crippen LogP contribution in [0.25, 0.3) is 0 Å². The van der Waals surface area contributed by atoms with Gasteiger partial charge >= 0.3 is 11.9 Å². The van der Waals surface area contributed by atoms with E-state index in [0.717, 1.165) is 0 Å². The van der Waals surface area contributed by atoms with Gasteiger partial charge in [0, 0.05) is 38.2 Å². The number of hydrogen-bond donors (Lipinski definition) is 2. The van der Waals surface area contributed by atoms with Crippen LogP contribution in [0.15, 0.2) is 73.2 Å². The topological polar surface area (TPSA) is 138 Å². The van der Waals surface area contributed by atoms with Gasteiger partial charge in [-0.2, -0.15) is 0 Å². The van der Waals surface area contributed by atoms with E-state index >= 15 is 0 Å². The average Bonchev–Trinajstić information content (AvgIpc) is 2.95. The van der Waals surface area contributed by atoms with Crippen LogP contribution in [0.2, 0.25) is 0 Å². The van der Waals surface area contributed by atoms with Gasteiger partial charge in [0.1, 0.15) is 0 Å². The molecule has 4 atom stereocenters. The second-order valence-corrected chi connectivity index (χ2v) is 10.1. The van der Waals surface area contributed by atoms with Crippen LogP contribution in [0.1, 0.15) is 29.2 Å². The number of methoxy groups -OCH3 is 2. The Labute approximate surface area is 226 Å². The summed E-state index contributed by atoms with van der Waals surface area (Å²) in [6.45, 7) is -0.152. The summed E-state index contributed by atoms with van der Waals surface area (Å²) in [4.78, 5) is 45.1. The molecule has 0 radical (unpaired) electrons. The zero-order valence-electron chi connectivity index (χ0n) is 22.0. The van der Waals surface area contributed by atoms with Gasteiger partial charge in [-0.1, -0.05) is 18.2 Å². The zero-order valence-corrected chi connectivity index (χ0v) is 22.0. The predicted octanol–water partition coefficient (Wildman–Crippen LogP) is 1.11. The summed E-state index contributed by atoms with van der Waals surface area (Å²) in [5.74, 6) is -4.74. The van der Waals surface area contributed by atoms with Gasteiger partial charge in [0.15, 0.2) is 10.8 Å². The van der Waals surface area contributed by atoms with Crippen molar-refractivity contribution in [2.45, 2.75) is 24.4 Å². The van der Waals surface area contributed by atoms with Gasteiger partial charge in [0.2, 0.25) is 5.79 Å². The van der Waals surface area contributed by atoms with Crippen molar-refractivity contribution >= 4 is 11.9 Å². The maximum atomic E-state index is 13.9. The molecule has 0 spiro atoms. The Bertz CT molecular complexity index is 1250. The summed E-state index contributed by atoms with van der Waals surface area (Å²) < 4.78 is 10.6. The molecule has 0 aliphatic carbocycles. The summed E-state index contributed by atoms with van der Waals surface area (Å²) in [5.41, 5.74) is -2.76. The molecule has 2 N–H and O–H groups in total. The highest BCUT2D eigenvalue weighted by Crippen LogP contribution is 2.66. The number of aliphatic hydroxyl groups is 2. The number of rotatable bonds is 6. The largest absolute Gasteiger partial charge is 0.468 e. The number of pyridine rings is 3. The van der Waals surface area contributed by atoms with Gasteiger partial charge in [-0.15, -0.1) is 0 Å². The first-order valence-electron chi connectivity index (χ1n) is 12.5. The molecule has 2 saturated heterocycles. The van der Waals surface area contributed by atoms with Crippen molar-refractivity contribution in [3.05, 3.63) is 90.3 Å². The number of aromatic nitrogens is 3. The minimum Gasteiger partial charge on any atom is -0.468 e. The molecular weight excluding hydrogens is 502 g/mol. The molecule has 2 aliphatic rings. The second kappa shape index (κ2) is 10.1. The summed E-state index contributed by atoms with van der Waals surface area (Å²) in [6, 6.07) is 13.7. The van der Waals surface area contributed by atoms with Crippen molar-refractivity contribution in [2.24, 2.45) is 10.8 Å². The van der Waals surface area contributed by atoms with E-state index < -0.39 is 40.6 Å². The molecule has 0 amide bonds. The van der Waals surface area contributed by atoms with Crippen LogP contribution in [0, 0.1) is 10.8 Å². The third-order valence-electron chi connectivity index (χ3n) is 7.99. The molecule has 2 bridgehead atoms. The molecule has 3 aromatic heterocycles. The van der Waals surface area contributed by atoms with E-state index in [4.69, 9.17) is 9.47 Å². The molecule has 11 heteroatoms. The number of likely N-dealkylation sites (tertiary alicyclic amines) is 2. The van der Waals surface area contributed by atoms with Crippen molar-refractivity contribution in [3.8, 4) is 0 Å². The first kappa shape index (κ1) is 26.8. The lowest BCUT2D eigenvalue weighted by molar-refractivity contribution is -0.377. The maximum absolute atomic E-state index is 13.9. The molecule has 11 nitrogen and oxygen atoms in total. The van der Waals surface area contributed by atoms with Gasteiger partial charge in [0.25, 0.3) is 0 Å². The molecule has 204 valence electrons. The Morgan fingerprint density at radius 2 is 1.28 bits per heavy atom. The normalized spacial score (nSPS) is 28.4. The van der Waals surface area contributed by atoms with Crippen LogP contribution in [-0.2, 0) is 25.6 Å². The Balaban J connectivity index is 1.91. The standard InChI is InChI=1S/C28H31N5O6/c1-32-17-26(24(34)38-2)22(20-11-5-8-14-30-20)33(16-19-10-4-7-13-29-19)23(21-12-6-9-15-31-21)27(18-32,25(35)39-3)28(26,36)37/h4-15,22-23,36-37H,16-18H2,1-3H3. The Morgan fingerprint density at radius 3 is 1.67 bits per heavy atom. The minimum atomic E-state index is -2.95. The van der Waals surface area contributed by atoms with Gasteiger partial charge < -0.3 is 24.6 Å². The van der Waals surface area contributed by atoms with Crippen molar-refractivity contribution < 1.29 is 29.3 Å². The first-order chi connectivity index (χ1) is 18.7. The highest BCUT2D eigenvalue weighted by molar-refractivity contribution is 5.87. The van der Waals surface area contributed by atoms with Gasteiger partial charge in [-0.05, 0) is 43.4 Å². The number of esters is 2. The molecule has 39 heavy (non-hydrogen) atoms. The van der Waals surface area contributed by atoms with E-state index in [0.29, 0.717) is 17.1 Å². The molecule has 5 heterocycles. The minimum absolute atomic E-state index is 0.126. The predicted molar refractivity (Wildman–Crippen MR) is 137 cm³/mol. The summed E-state index contributed by atoms with van der Waals surface area (Å²) >= 11 is 0. The van der Waals surface area contributed by atoms with Gasteiger partial charge in [-0.3, -0.25) is 29.4 Å². The summed E-state index contributed by atoms with van der Waals surface area (Å²) in [7, 11) is 4.08. The third kappa shape index (κ3) is 3.84. The number of ether oxygens (including phenoxy) is 2. The zero-order chi connectivity index (χ0) is 27.8. The Hall–Kier alpha value is -3.77. The number of fused-ring (bicyclic) bond motifs is 2. The number of hydrogen-bond acceptors (Lipinski definition) is 11. The van der Waals surface area contributed by atoms with Gasteiger partial charge in [-0.25, -0.2) is 0 Å². The smallest absolute Gasteiger partial charge is 0.320 e. The van der Waals surface area contributed by atoms with Crippen LogP contribution in [-0.4, -0.2) is 87.0 Å². The Morgan fingerprint density at radius 1 is 0.821 bits per heavy atom. The molecule has 4 unspecified atom stereocenters. The van der Waals surface area contributed by atoms with E-state index in [1.54, 1.807) is 73.0 Å². The molecule has 0 saturated carbocycles. The number of carbonyl (C=O) groups excluding carboxylic acids is 2. The lowest BCUT2D eigenvalue weighted by Gasteiger charge is -2.67. The van der Waals surface area contributed by atoms with Crippen LogP contribution in [0.4, 0.5) is 0 Å². The van der Waals surface area contributed by atoms with Gasteiger partial charge in [0.05, 0.1) is 43.4 Å². The van der Waals surface area contributed by atoms with Crippen LogP contribution in [0.5, 0.6) is 0 Å². The highest BCUT2D eigenvalue weighted by atomic mass is 16.6. The van der Waals surface area contributed by atoms with E-state index in [1.165, 1.54) is 14.2 Å². The van der Waals surface area contributed by atoms with E-state index in [1.807, 2.05) is 17.0 Å². The molecule has 0 aromatic carbocycles. The lowest BCUT2D eigenvalue weighted by Crippen LogP contribution is -2.83. The fourth-order valence-electron chi connectivity index (χ4n) is 6.58. The average molecular weight is 534 g/mol. The molecule has 2 fully saturated rings. The van der Waals surface area contributed by atoms with Crippen molar-refractivity contribution in [1.29, 1.82) is 0 Å². The van der Waals surface area contributed by atoms with E-state index in [9.17, 15) is 19.8 Å². The third-order valence-corrected chi connectivity index (χ3v) is 7.99. The van der Waals surface area contributed by atoms with Crippen molar-refractivity contribution in [1.82, 2.24) is 24.8 Å². The fourth-order valence-corrected chi connectivity index (χ4v) is 6.58. The molecule has 2 aliphatic heterocycles. The number of piperidine rings is 2. The monoisotopic (exact) mass is 533 g/mol. The molecular formula is C28H31N5O6. The quantitative estimate of drug-likeness (QED) is 0.348. The molecule has 3 aromatic rings. The molecule has 5 rings (SSSR count). The number of carbonyl (C=O) groups is 2. The highest BCUT2D eigenvalue weighted by Gasteiger charge is 2.82. The van der Waals surface area contributed by atoms with E-state index in [2.05, 4.69) is 15.0 Å². The van der Waals surface area contributed by atoms with Crippen LogP contribution < -0.4 is 0 Å². The van der Waals surface area contributed by atoms with Crippen molar-refractivity contribution in [2.75, 3.05) is 34.4 Å². The van der Waals surface area contributed by atoms with Crippen molar-refractivity contribution in [3.63, 3.8) is 0 Å². The van der Waals surface area contributed by atoms with Crippen LogP contribution in [0.3, 0.4) is 0 Å². The fraction of sp³-hybridized carbons (Fsp3) is 0.393. The SMILES string of the molecule is COC(=O)C12CN(C)CC(C(=O)OC)(C(c3ccccn3)N(Cc3ccccn3)C1c1ccccn1)C2(O)O. The second-order valence-electron chi connectivity index (χ2n) is 10.1. The van der Waals surface area contributed by atoms with E-state index in [-0.39, 0.29) is 19.6 Å². The maximum Gasteiger partial charge on any atom is 0.320 e. The summed E-state index contributed by atoms with van der Waals surface area (Å²) in [5, 5.41) is 24.7. The lowest BCUT2D eigenvalue weighted by atomic mass is 9.51. The Kier molecular flexibility index (Phi) is 6.93. The summed E-state index contributed by atoms with van der Waals surface area (Å²) in [6.07, 6.45) is 4.79.